The van der Waals surface area contributed by atoms with Gasteiger partial charge in [-0.25, -0.2) is 9.37 Å². The number of amides is 1. The lowest BCUT2D eigenvalue weighted by Crippen LogP contribution is -2.33. The van der Waals surface area contributed by atoms with Crippen molar-refractivity contribution in [2.24, 2.45) is 0 Å². The second kappa shape index (κ2) is 6.29. The fourth-order valence-corrected chi connectivity index (χ4v) is 3.01. The van der Waals surface area contributed by atoms with Crippen LogP contribution in [-0.4, -0.2) is 15.5 Å². The molecule has 0 radical (unpaired) electrons. The molecule has 1 aromatic carbocycles. The molecule has 0 spiro atoms. The minimum atomic E-state index is -0.325. The van der Waals surface area contributed by atoms with Crippen LogP contribution in [0.15, 0.2) is 46.8 Å². The molecule has 0 bridgehead atoms. The van der Waals surface area contributed by atoms with Gasteiger partial charge >= 0.3 is 0 Å². The minimum absolute atomic E-state index is 0.108. The number of aromatic nitrogens is 2. The normalized spacial score (nSPS) is 12.3. The number of rotatable bonds is 4. The monoisotopic (exact) mass is 331 g/mol. The second-order valence-electron chi connectivity index (χ2n) is 5.16. The lowest BCUT2D eigenvalue weighted by molar-refractivity contribution is -0.122. The fourth-order valence-electron chi connectivity index (χ4n) is 2.28. The molecule has 0 aliphatic heterocycles. The lowest BCUT2D eigenvalue weighted by atomic mass is 10.1. The van der Waals surface area contributed by atoms with Crippen molar-refractivity contribution >= 4 is 27.5 Å². The highest BCUT2D eigenvalue weighted by atomic mass is 32.1. The molecule has 0 saturated carbocycles. The molecule has 5 nitrogen and oxygen atoms in total. The third-order valence-electron chi connectivity index (χ3n) is 3.51. The van der Waals surface area contributed by atoms with Crippen LogP contribution in [-0.2, 0) is 11.3 Å². The Morgan fingerprint density at radius 3 is 2.83 bits per heavy atom. The van der Waals surface area contributed by atoms with Crippen molar-refractivity contribution in [2.75, 3.05) is 0 Å². The zero-order valence-corrected chi connectivity index (χ0v) is 13.1. The number of thiophene rings is 1. The topological polar surface area (TPSA) is 64.0 Å². The quantitative estimate of drug-likeness (QED) is 0.799. The van der Waals surface area contributed by atoms with Gasteiger partial charge in [0.15, 0.2) is 0 Å². The van der Waals surface area contributed by atoms with Gasteiger partial charge in [-0.15, -0.1) is 11.3 Å². The Kier molecular flexibility index (Phi) is 4.20. The molecule has 0 unspecified atom stereocenters. The van der Waals surface area contributed by atoms with Crippen molar-refractivity contribution in [3.63, 3.8) is 0 Å². The molecular weight excluding hydrogens is 317 g/mol. The molecule has 0 aliphatic carbocycles. The lowest BCUT2D eigenvalue weighted by Gasteiger charge is -2.14. The number of nitrogens with zero attached hydrogens (tertiary/aromatic N) is 2. The Morgan fingerprint density at radius 2 is 2.09 bits per heavy atom. The number of nitrogens with one attached hydrogen (secondary N) is 1. The molecule has 1 N–H and O–H groups in total. The Balaban J connectivity index is 1.72. The van der Waals surface area contributed by atoms with Crippen LogP contribution in [0.25, 0.3) is 10.2 Å². The smallest absolute Gasteiger partial charge is 0.262 e. The molecular formula is C16H14FN3O2S. The van der Waals surface area contributed by atoms with Crippen LogP contribution in [0.3, 0.4) is 0 Å². The molecule has 23 heavy (non-hydrogen) atoms. The summed E-state index contributed by atoms with van der Waals surface area (Å²) in [5.41, 5.74) is 0.555. The molecule has 1 atom stereocenters. The first kappa shape index (κ1) is 15.4. The van der Waals surface area contributed by atoms with Gasteiger partial charge in [0.2, 0.25) is 5.91 Å². The van der Waals surface area contributed by atoms with Gasteiger partial charge < -0.3 is 5.32 Å². The van der Waals surface area contributed by atoms with Crippen LogP contribution in [0.1, 0.15) is 18.5 Å². The predicted octanol–water partition coefficient (Wildman–Crippen LogP) is 2.47. The van der Waals surface area contributed by atoms with E-state index in [1.165, 1.54) is 34.4 Å². The average Bonchev–Trinajstić information content (AvgIpc) is 3.00. The summed E-state index contributed by atoms with van der Waals surface area (Å²) < 4.78 is 14.2. The molecule has 0 fully saturated rings. The van der Waals surface area contributed by atoms with E-state index in [1.54, 1.807) is 30.5 Å². The first-order valence-corrected chi connectivity index (χ1v) is 7.90. The van der Waals surface area contributed by atoms with Crippen molar-refractivity contribution in [3.05, 3.63) is 63.8 Å². The summed E-state index contributed by atoms with van der Waals surface area (Å²) in [6, 6.07) is 7.34. The zero-order valence-electron chi connectivity index (χ0n) is 12.3. The fraction of sp³-hybridized carbons (Fsp3) is 0.188. The summed E-state index contributed by atoms with van der Waals surface area (Å²) >= 11 is 1.38. The Hall–Kier alpha value is -2.54. The summed E-state index contributed by atoms with van der Waals surface area (Å²) in [5.74, 6) is -0.630. The van der Waals surface area contributed by atoms with E-state index in [0.29, 0.717) is 10.2 Å². The molecule has 2 heterocycles. The zero-order chi connectivity index (χ0) is 16.4. The van der Waals surface area contributed by atoms with Crippen molar-refractivity contribution in [1.82, 2.24) is 14.9 Å². The molecule has 3 rings (SSSR count). The van der Waals surface area contributed by atoms with Crippen LogP contribution >= 0.6 is 11.3 Å². The van der Waals surface area contributed by atoms with Crippen molar-refractivity contribution in [2.45, 2.75) is 19.5 Å². The van der Waals surface area contributed by atoms with Gasteiger partial charge in [-0.2, -0.15) is 0 Å². The van der Waals surface area contributed by atoms with E-state index < -0.39 is 0 Å². The summed E-state index contributed by atoms with van der Waals surface area (Å²) in [4.78, 5) is 29.2. The van der Waals surface area contributed by atoms with Crippen LogP contribution < -0.4 is 10.9 Å². The number of hydrogen-bond donors (Lipinski definition) is 1. The molecule has 1 amide bonds. The second-order valence-corrected chi connectivity index (χ2v) is 6.05. The van der Waals surface area contributed by atoms with E-state index in [0.717, 1.165) is 5.56 Å². The molecule has 0 saturated heterocycles. The summed E-state index contributed by atoms with van der Waals surface area (Å²) in [7, 11) is 0. The van der Waals surface area contributed by atoms with Gasteiger partial charge in [0, 0.05) is 0 Å². The molecule has 3 aromatic rings. The summed E-state index contributed by atoms with van der Waals surface area (Å²) in [6.45, 7) is 1.69. The summed E-state index contributed by atoms with van der Waals surface area (Å²) in [5, 5.41) is 5.09. The SMILES string of the molecule is C[C@H](NC(=O)Cn1cnc2sccc2c1=O)c1ccc(F)cc1. The van der Waals surface area contributed by atoms with E-state index in [4.69, 9.17) is 0 Å². The van der Waals surface area contributed by atoms with Crippen LogP contribution in [0.2, 0.25) is 0 Å². The van der Waals surface area contributed by atoms with Crippen LogP contribution in [0.5, 0.6) is 0 Å². The van der Waals surface area contributed by atoms with Crippen molar-refractivity contribution < 1.29 is 9.18 Å². The largest absolute Gasteiger partial charge is 0.348 e. The Morgan fingerprint density at radius 1 is 1.35 bits per heavy atom. The van der Waals surface area contributed by atoms with Gasteiger partial charge in [0.1, 0.15) is 17.2 Å². The third kappa shape index (κ3) is 3.29. The Bertz CT molecular complexity index is 902. The predicted molar refractivity (Wildman–Crippen MR) is 86.8 cm³/mol. The summed E-state index contributed by atoms with van der Waals surface area (Å²) in [6.07, 6.45) is 1.38. The van der Waals surface area contributed by atoms with Gasteiger partial charge in [-0.1, -0.05) is 12.1 Å². The highest BCUT2D eigenvalue weighted by Crippen LogP contribution is 2.14. The number of benzene rings is 1. The number of hydrogen-bond acceptors (Lipinski definition) is 4. The first-order valence-electron chi connectivity index (χ1n) is 7.02. The van der Waals surface area contributed by atoms with E-state index >= 15 is 0 Å². The van der Waals surface area contributed by atoms with Crippen LogP contribution in [0.4, 0.5) is 4.39 Å². The van der Waals surface area contributed by atoms with E-state index in [9.17, 15) is 14.0 Å². The number of halogens is 1. The maximum Gasteiger partial charge on any atom is 0.262 e. The molecule has 7 heteroatoms. The van der Waals surface area contributed by atoms with Crippen molar-refractivity contribution in [3.8, 4) is 0 Å². The average molecular weight is 331 g/mol. The number of carbonyl (C=O) groups excluding carboxylic acids is 1. The molecule has 0 aliphatic rings. The third-order valence-corrected chi connectivity index (χ3v) is 4.33. The molecule has 118 valence electrons. The molecule has 2 aromatic heterocycles. The van der Waals surface area contributed by atoms with Crippen molar-refractivity contribution in [1.29, 1.82) is 0 Å². The maximum absolute atomic E-state index is 12.9. The van der Waals surface area contributed by atoms with Crippen LogP contribution in [0, 0.1) is 5.82 Å². The first-order chi connectivity index (χ1) is 11.0. The Labute approximate surface area is 135 Å². The van der Waals surface area contributed by atoms with E-state index in [1.807, 2.05) is 0 Å². The van der Waals surface area contributed by atoms with E-state index in [-0.39, 0.29) is 29.9 Å². The standard InChI is InChI=1S/C16H14FN3O2S/c1-10(11-2-4-12(17)5-3-11)19-14(21)8-20-9-18-15-13(16(20)22)6-7-23-15/h2-7,9-10H,8H2,1H3,(H,19,21)/t10-/m0/s1. The van der Waals surface area contributed by atoms with Gasteiger partial charge in [0.25, 0.3) is 5.56 Å². The van der Waals surface area contributed by atoms with Gasteiger partial charge in [-0.05, 0) is 36.1 Å². The number of fused-ring (bicyclic) bond motifs is 1. The highest BCUT2D eigenvalue weighted by molar-refractivity contribution is 7.16. The maximum atomic E-state index is 12.9. The minimum Gasteiger partial charge on any atom is -0.348 e. The van der Waals surface area contributed by atoms with Gasteiger partial charge in [-0.3, -0.25) is 14.2 Å². The van der Waals surface area contributed by atoms with E-state index in [2.05, 4.69) is 10.3 Å². The highest BCUT2D eigenvalue weighted by Gasteiger charge is 2.12. The van der Waals surface area contributed by atoms with Gasteiger partial charge in [0.05, 0.1) is 17.8 Å². The number of carbonyl (C=O) groups is 1.